The monoisotopic (exact) mass is 275 g/mol. The number of aliphatic hydroxyl groups is 1. The molecule has 0 spiro atoms. The lowest BCUT2D eigenvalue weighted by molar-refractivity contribution is -0.145. The summed E-state index contributed by atoms with van der Waals surface area (Å²) < 4.78 is 0. The number of nitrogens with zero attached hydrogens (tertiary/aromatic N) is 1. The van der Waals surface area contributed by atoms with Crippen molar-refractivity contribution in [1.82, 2.24) is 5.32 Å². The normalized spacial score (nSPS) is 15.1. The first-order valence-electron chi connectivity index (χ1n) is 5.78. The van der Waals surface area contributed by atoms with E-state index in [0.29, 0.717) is 19.4 Å². The number of carboxylic acids is 1. The summed E-state index contributed by atoms with van der Waals surface area (Å²) in [6.07, 6.45) is -0.427. The van der Waals surface area contributed by atoms with Gasteiger partial charge in [0.1, 0.15) is 0 Å². The zero-order valence-corrected chi connectivity index (χ0v) is 10.7. The number of aliphatic carboxylic acids is 1. The fourth-order valence-electron chi connectivity index (χ4n) is 1.30. The van der Waals surface area contributed by atoms with Crippen molar-refractivity contribution in [2.24, 2.45) is 22.2 Å². The molecular formula is C10H21N5O4. The van der Waals surface area contributed by atoms with Crippen molar-refractivity contribution in [1.29, 1.82) is 0 Å². The zero-order valence-electron chi connectivity index (χ0n) is 10.7. The second kappa shape index (κ2) is 8.27. The molecule has 0 radical (unpaired) electrons. The van der Waals surface area contributed by atoms with Gasteiger partial charge in [-0.2, -0.15) is 0 Å². The first-order chi connectivity index (χ1) is 8.75. The number of nitrogens with two attached hydrogens (primary N) is 3. The number of aliphatic imine (C=N–C) groups is 1. The number of aliphatic hydroxyl groups excluding tert-OH is 1. The standard InChI is InChI=1S/C10H21N5O4/c1-5(16)7(9(18)19)15-8(17)6(11)3-2-4-14-10(12)13/h5-7,16H,2-4,11H2,1H3,(H,15,17)(H,18,19)(H4,12,13,14)/t5?,6?,7-/m0/s1. The first kappa shape index (κ1) is 17.1. The van der Waals surface area contributed by atoms with Crippen LogP contribution in [0.15, 0.2) is 4.99 Å². The van der Waals surface area contributed by atoms with Gasteiger partial charge >= 0.3 is 5.97 Å². The summed E-state index contributed by atoms with van der Waals surface area (Å²) in [5, 5.41) is 20.2. The molecule has 0 fully saturated rings. The van der Waals surface area contributed by atoms with Gasteiger partial charge in [-0.1, -0.05) is 0 Å². The van der Waals surface area contributed by atoms with Gasteiger partial charge in [-0.25, -0.2) is 4.79 Å². The largest absolute Gasteiger partial charge is 0.480 e. The number of carbonyl (C=O) groups excluding carboxylic acids is 1. The Kier molecular flexibility index (Phi) is 7.46. The third-order valence-corrected chi connectivity index (χ3v) is 2.35. The van der Waals surface area contributed by atoms with Crippen LogP contribution in [0.5, 0.6) is 0 Å². The van der Waals surface area contributed by atoms with Gasteiger partial charge in [0.15, 0.2) is 12.0 Å². The van der Waals surface area contributed by atoms with Crippen LogP contribution in [0, 0.1) is 0 Å². The number of hydrogen-bond donors (Lipinski definition) is 6. The molecule has 2 unspecified atom stereocenters. The Morgan fingerprint density at radius 1 is 1.37 bits per heavy atom. The van der Waals surface area contributed by atoms with Gasteiger partial charge < -0.3 is 32.7 Å². The Labute approximate surface area is 110 Å². The molecule has 0 saturated carbocycles. The SMILES string of the molecule is CC(O)[C@H](NC(=O)C(N)CCCN=C(N)N)C(=O)O. The number of guanidine groups is 1. The van der Waals surface area contributed by atoms with E-state index in [2.05, 4.69) is 10.3 Å². The Balaban J connectivity index is 4.18. The maximum atomic E-state index is 11.6. The summed E-state index contributed by atoms with van der Waals surface area (Å²) in [6.45, 7) is 1.60. The van der Waals surface area contributed by atoms with Crippen molar-refractivity contribution < 1.29 is 19.8 Å². The lowest BCUT2D eigenvalue weighted by Gasteiger charge is -2.19. The van der Waals surface area contributed by atoms with Gasteiger partial charge in [-0.3, -0.25) is 9.79 Å². The smallest absolute Gasteiger partial charge is 0.328 e. The van der Waals surface area contributed by atoms with Crippen LogP contribution in [0.1, 0.15) is 19.8 Å². The van der Waals surface area contributed by atoms with Crippen LogP contribution in [0.3, 0.4) is 0 Å². The highest BCUT2D eigenvalue weighted by Gasteiger charge is 2.26. The molecule has 0 aromatic carbocycles. The molecule has 0 heterocycles. The highest BCUT2D eigenvalue weighted by molar-refractivity contribution is 5.87. The molecule has 0 aliphatic carbocycles. The topological polar surface area (TPSA) is 177 Å². The number of nitrogens with one attached hydrogen (secondary N) is 1. The number of rotatable bonds is 8. The van der Waals surface area contributed by atoms with Gasteiger partial charge in [0.25, 0.3) is 0 Å². The molecule has 0 bridgehead atoms. The van der Waals surface area contributed by atoms with Gasteiger partial charge in [-0.05, 0) is 19.8 Å². The summed E-state index contributed by atoms with van der Waals surface area (Å²) in [7, 11) is 0. The van der Waals surface area contributed by atoms with Crippen LogP contribution in [0.25, 0.3) is 0 Å². The van der Waals surface area contributed by atoms with Crippen LogP contribution in [0.4, 0.5) is 0 Å². The maximum Gasteiger partial charge on any atom is 0.328 e. The number of carbonyl (C=O) groups is 2. The van der Waals surface area contributed by atoms with Crippen molar-refractivity contribution in [2.45, 2.75) is 38.0 Å². The molecule has 9 nitrogen and oxygen atoms in total. The Bertz CT molecular complexity index is 341. The van der Waals surface area contributed by atoms with Crippen LogP contribution < -0.4 is 22.5 Å². The van der Waals surface area contributed by atoms with E-state index in [4.69, 9.17) is 22.3 Å². The second-order valence-electron chi connectivity index (χ2n) is 4.12. The Hall–Kier alpha value is -1.87. The van der Waals surface area contributed by atoms with Crippen molar-refractivity contribution >= 4 is 17.8 Å². The van der Waals surface area contributed by atoms with Crippen molar-refractivity contribution in [2.75, 3.05) is 6.54 Å². The fraction of sp³-hybridized carbons (Fsp3) is 0.700. The number of amides is 1. The highest BCUT2D eigenvalue weighted by atomic mass is 16.4. The Morgan fingerprint density at radius 3 is 2.37 bits per heavy atom. The van der Waals surface area contributed by atoms with E-state index < -0.39 is 30.1 Å². The molecule has 9 N–H and O–H groups in total. The zero-order chi connectivity index (χ0) is 15.0. The van der Waals surface area contributed by atoms with Crippen LogP contribution >= 0.6 is 0 Å². The van der Waals surface area contributed by atoms with Crippen LogP contribution in [-0.4, -0.2) is 52.8 Å². The van der Waals surface area contributed by atoms with E-state index in [1.165, 1.54) is 6.92 Å². The van der Waals surface area contributed by atoms with E-state index in [1.54, 1.807) is 0 Å². The molecule has 1 amide bonds. The van der Waals surface area contributed by atoms with Gasteiger partial charge in [-0.15, -0.1) is 0 Å². The van der Waals surface area contributed by atoms with Gasteiger partial charge in [0.05, 0.1) is 12.1 Å². The highest BCUT2D eigenvalue weighted by Crippen LogP contribution is 1.99. The van der Waals surface area contributed by atoms with Crippen molar-refractivity contribution in [3.8, 4) is 0 Å². The minimum Gasteiger partial charge on any atom is -0.480 e. The summed E-state index contributed by atoms with van der Waals surface area (Å²) in [4.78, 5) is 26.1. The lowest BCUT2D eigenvalue weighted by atomic mass is 10.1. The second-order valence-corrected chi connectivity index (χ2v) is 4.12. The summed E-state index contributed by atoms with van der Waals surface area (Å²) in [5.41, 5.74) is 15.8. The fourth-order valence-corrected chi connectivity index (χ4v) is 1.30. The van der Waals surface area contributed by atoms with Crippen LogP contribution in [0.2, 0.25) is 0 Å². The molecule has 0 saturated heterocycles. The van der Waals surface area contributed by atoms with E-state index >= 15 is 0 Å². The van der Waals surface area contributed by atoms with E-state index in [1.807, 2.05) is 0 Å². The molecule has 0 rings (SSSR count). The number of hydrogen-bond acceptors (Lipinski definition) is 5. The molecule has 0 aliphatic rings. The molecule has 0 aromatic rings. The minimum absolute atomic E-state index is 0.0435. The third kappa shape index (κ3) is 7.21. The van der Waals surface area contributed by atoms with Gasteiger partial charge in [0, 0.05) is 6.54 Å². The molecule has 3 atom stereocenters. The summed E-state index contributed by atoms with van der Waals surface area (Å²) in [5.74, 6) is -2.01. The van der Waals surface area contributed by atoms with E-state index in [-0.39, 0.29) is 5.96 Å². The van der Waals surface area contributed by atoms with E-state index in [9.17, 15) is 14.7 Å². The quantitative estimate of drug-likeness (QED) is 0.159. The van der Waals surface area contributed by atoms with Crippen LogP contribution in [-0.2, 0) is 9.59 Å². The molecular weight excluding hydrogens is 254 g/mol. The molecule has 0 aromatic heterocycles. The Morgan fingerprint density at radius 2 is 1.95 bits per heavy atom. The molecule has 9 heteroatoms. The number of carboxylic acid groups (broad SMARTS) is 1. The predicted octanol–water partition coefficient (Wildman–Crippen LogP) is -2.68. The predicted molar refractivity (Wildman–Crippen MR) is 69.1 cm³/mol. The van der Waals surface area contributed by atoms with Crippen molar-refractivity contribution in [3.05, 3.63) is 0 Å². The third-order valence-electron chi connectivity index (χ3n) is 2.35. The lowest BCUT2D eigenvalue weighted by Crippen LogP contribution is -2.52. The van der Waals surface area contributed by atoms with E-state index in [0.717, 1.165) is 0 Å². The average molecular weight is 275 g/mol. The summed E-state index contributed by atoms with van der Waals surface area (Å²) in [6, 6.07) is -2.26. The molecule has 110 valence electrons. The van der Waals surface area contributed by atoms with Gasteiger partial charge in [0.2, 0.25) is 5.91 Å². The molecule has 19 heavy (non-hydrogen) atoms. The summed E-state index contributed by atoms with van der Waals surface area (Å²) >= 11 is 0. The minimum atomic E-state index is -1.38. The first-order valence-corrected chi connectivity index (χ1v) is 5.78. The average Bonchev–Trinajstić information content (AvgIpc) is 2.29. The molecule has 0 aliphatic heterocycles. The van der Waals surface area contributed by atoms with Crippen molar-refractivity contribution in [3.63, 3.8) is 0 Å². The maximum absolute atomic E-state index is 11.6.